The van der Waals surface area contributed by atoms with Crippen LogP contribution in [0.2, 0.25) is 0 Å². The van der Waals surface area contributed by atoms with E-state index in [9.17, 15) is 19.5 Å². The van der Waals surface area contributed by atoms with Crippen LogP contribution in [-0.4, -0.2) is 102 Å². The summed E-state index contributed by atoms with van der Waals surface area (Å²) in [5.41, 5.74) is 2.12. The van der Waals surface area contributed by atoms with Crippen LogP contribution in [0.4, 0.5) is 0 Å². The van der Waals surface area contributed by atoms with Crippen molar-refractivity contribution in [2.24, 2.45) is 5.92 Å². The number of amides is 3. The first kappa shape index (κ1) is 39.7. The lowest BCUT2D eigenvalue weighted by Crippen LogP contribution is -2.55. The Kier molecular flexibility index (Phi) is 13.6. The number of carbonyl (C=O) groups is 3. The maximum atomic E-state index is 14.7. The standard InChI is InChI=1S/C46H62N4O4/c1-3-4-5-6-7-17-29-50(2)30-19-20-36(35-50)33-47-44(53)41-27-18-28-48(41)45(54)42-31-40(51)34-49(42)43(52)32-46(37-21-11-8-12-22-37,38-23-13-9-14-24-38)39-25-15-10-16-26-39/h8-16,21-26,36,40-42,51H,3-7,17-20,27-35H2,1-2H3/p+1/t36-,40-,41-,42+,50?/m1/s1. The maximum Gasteiger partial charge on any atom is 0.246 e. The first-order valence-corrected chi connectivity index (χ1v) is 20.8. The molecule has 6 rings (SSSR count). The molecular formula is C46H63N4O4+. The molecule has 3 heterocycles. The zero-order valence-electron chi connectivity index (χ0n) is 32.7. The second-order valence-electron chi connectivity index (χ2n) is 16.6. The van der Waals surface area contributed by atoms with E-state index in [1.54, 1.807) is 9.80 Å². The molecule has 8 heteroatoms. The average molecular weight is 736 g/mol. The summed E-state index contributed by atoms with van der Waals surface area (Å²) >= 11 is 0. The molecule has 0 aliphatic carbocycles. The Labute approximate surface area is 323 Å². The van der Waals surface area contributed by atoms with Gasteiger partial charge < -0.3 is 24.7 Å². The van der Waals surface area contributed by atoms with Crippen LogP contribution in [0, 0.1) is 5.92 Å². The first-order chi connectivity index (χ1) is 26.2. The van der Waals surface area contributed by atoms with Crippen LogP contribution in [0.1, 0.15) is 101 Å². The zero-order valence-corrected chi connectivity index (χ0v) is 32.7. The number of hydrogen-bond donors (Lipinski definition) is 2. The summed E-state index contributed by atoms with van der Waals surface area (Å²) in [6.07, 6.45) is 10.9. The molecule has 290 valence electrons. The predicted octanol–water partition coefficient (Wildman–Crippen LogP) is 6.70. The molecule has 1 unspecified atom stereocenters. The van der Waals surface area contributed by atoms with Gasteiger partial charge in [0.05, 0.1) is 38.2 Å². The Hall–Kier alpha value is -4.01. The van der Waals surface area contributed by atoms with Crippen LogP contribution in [-0.2, 0) is 19.8 Å². The summed E-state index contributed by atoms with van der Waals surface area (Å²) in [5.74, 6) is -0.0935. The number of benzene rings is 3. The van der Waals surface area contributed by atoms with Crippen molar-refractivity contribution >= 4 is 17.7 Å². The maximum absolute atomic E-state index is 14.7. The van der Waals surface area contributed by atoms with Gasteiger partial charge in [0.1, 0.15) is 12.1 Å². The zero-order chi connectivity index (χ0) is 38.0. The number of carbonyl (C=O) groups excluding carboxylic acids is 3. The molecule has 3 aromatic rings. The van der Waals surface area contributed by atoms with E-state index in [-0.39, 0.29) is 37.1 Å². The second kappa shape index (κ2) is 18.5. The summed E-state index contributed by atoms with van der Waals surface area (Å²) in [6.45, 7) is 6.94. The van der Waals surface area contributed by atoms with Crippen molar-refractivity contribution < 1.29 is 24.0 Å². The Bertz CT molecular complexity index is 1560. The van der Waals surface area contributed by atoms with E-state index in [0.717, 1.165) is 40.6 Å². The predicted molar refractivity (Wildman–Crippen MR) is 215 cm³/mol. The van der Waals surface area contributed by atoms with Gasteiger partial charge in [0, 0.05) is 38.4 Å². The quantitative estimate of drug-likeness (QED) is 0.0975. The third kappa shape index (κ3) is 9.26. The fourth-order valence-electron chi connectivity index (χ4n) is 9.69. The molecule has 8 nitrogen and oxygen atoms in total. The molecule has 0 saturated carbocycles. The van der Waals surface area contributed by atoms with Gasteiger partial charge in [-0.3, -0.25) is 14.4 Å². The van der Waals surface area contributed by atoms with Crippen LogP contribution < -0.4 is 5.32 Å². The Morgan fingerprint density at radius 3 is 1.98 bits per heavy atom. The minimum Gasteiger partial charge on any atom is -0.391 e. The largest absolute Gasteiger partial charge is 0.391 e. The molecule has 0 radical (unpaired) electrons. The van der Waals surface area contributed by atoms with Gasteiger partial charge in [-0.2, -0.15) is 0 Å². The molecule has 3 saturated heterocycles. The molecule has 2 N–H and O–H groups in total. The second-order valence-corrected chi connectivity index (χ2v) is 16.6. The lowest BCUT2D eigenvalue weighted by molar-refractivity contribution is -0.917. The molecule has 3 aromatic carbocycles. The highest BCUT2D eigenvalue weighted by molar-refractivity contribution is 5.93. The lowest BCUT2D eigenvalue weighted by atomic mass is 9.67. The van der Waals surface area contributed by atoms with Crippen molar-refractivity contribution in [2.75, 3.05) is 46.3 Å². The number of unbranched alkanes of at least 4 members (excludes halogenated alkanes) is 5. The smallest absolute Gasteiger partial charge is 0.246 e. The highest BCUT2D eigenvalue weighted by Gasteiger charge is 2.47. The van der Waals surface area contributed by atoms with Crippen LogP contribution >= 0.6 is 0 Å². The summed E-state index contributed by atoms with van der Waals surface area (Å²) < 4.78 is 1.08. The van der Waals surface area contributed by atoms with Crippen molar-refractivity contribution in [1.29, 1.82) is 0 Å². The van der Waals surface area contributed by atoms with E-state index in [1.807, 2.05) is 54.6 Å². The Balaban J connectivity index is 1.13. The van der Waals surface area contributed by atoms with Gasteiger partial charge >= 0.3 is 0 Å². The Morgan fingerprint density at radius 2 is 1.37 bits per heavy atom. The Morgan fingerprint density at radius 1 is 0.778 bits per heavy atom. The van der Waals surface area contributed by atoms with E-state index < -0.39 is 23.6 Å². The SMILES string of the molecule is CCCCCCCC[N+]1(C)CCC[C@H](CNC(=O)[C@H]2CCCN2C(=O)[C@@H]2C[C@@H](O)CN2C(=O)CC(c2ccccc2)(c2ccccc2)c2ccccc2)C1. The topological polar surface area (TPSA) is 89.9 Å². The highest BCUT2D eigenvalue weighted by atomic mass is 16.3. The van der Waals surface area contributed by atoms with Gasteiger partial charge in [0.25, 0.3) is 0 Å². The normalized spacial score (nSPS) is 24.4. The molecular weight excluding hydrogens is 673 g/mol. The molecule has 0 spiro atoms. The molecule has 3 aliphatic rings. The third-order valence-electron chi connectivity index (χ3n) is 12.6. The average Bonchev–Trinajstić information content (AvgIpc) is 3.86. The molecule has 0 aromatic heterocycles. The number of hydrogen-bond acceptors (Lipinski definition) is 4. The third-order valence-corrected chi connectivity index (χ3v) is 12.6. The molecule has 3 aliphatic heterocycles. The summed E-state index contributed by atoms with van der Waals surface area (Å²) in [5, 5.41) is 14.2. The molecule has 54 heavy (non-hydrogen) atoms. The van der Waals surface area contributed by atoms with Crippen molar-refractivity contribution in [3.05, 3.63) is 108 Å². The lowest BCUT2D eigenvalue weighted by Gasteiger charge is -2.41. The number of rotatable bonds is 16. The fourth-order valence-corrected chi connectivity index (χ4v) is 9.69. The van der Waals surface area contributed by atoms with Crippen molar-refractivity contribution in [2.45, 2.75) is 108 Å². The minimum atomic E-state index is -0.820. The summed E-state index contributed by atoms with van der Waals surface area (Å²) in [6, 6.07) is 28.9. The molecule has 5 atom stereocenters. The summed E-state index contributed by atoms with van der Waals surface area (Å²) in [4.78, 5) is 46.2. The van der Waals surface area contributed by atoms with E-state index in [0.29, 0.717) is 25.4 Å². The van der Waals surface area contributed by atoms with Crippen LogP contribution in [0.15, 0.2) is 91.0 Å². The van der Waals surface area contributed by atoms with Crippen molar-refractivity contribution in [3.63, 3.8) is 0 Å². The monoisotopic (exact) mass is 735 g/mol. The van der Waals surface area contributed by atoms with Crippen LogP contribution in [0.3, 0.4) is 0 Å². The van der Waals surface area contributed by atoms with E-state index in [1.165, 1.54) is 58.0 Å². The fraction of sp³-hybridized carbons (Fsp3) is 0.543. The number of likely N-dealkylation sites (tertiary alicyclic amines) is 3. The minimum absolute atomic E-state index is 0.0864. The van der Waals surface area contributed by atoms with E-state index in [4.69, 9.17) is 0 Å². The number of quaternary nitrogens is 1. The number of nitrogens with one attached hydrogen (secondary N) is 1. The van der Waals surface area contributed by atoms with Crippen LogP contribution in [0.5, 0.6) is 0 Å². The molecule has 3 fully saturated rings. The molecule has 0 bridgehead atoms. The van der Waals surface area contributed by atoms with Crippen molar-refractivity contribution in [3.8, 4) is 0 Å². The number of β-amino-alcohol motifs (C(OH)–C–C–N with tert-alkyl or cyclic N) is 1. The van der Waals surface area contributed by atoms with E-state index in [2.05, 4.69) is 55.7 Å². The molecule has 3 amide bonds. The van der Waals surface area contributed by atoms with Gasteiger partial charge in [-0.1, -0.05) is 124 Å². The van der Waals surface area contributed by atoms with Gasteiger partial charge in [-0.15, -0.1) is 0 Å². The number of aliphatic hydroxyl groups excluding tert-OH is 1. The number of aliphatic hydroxyl groups is 1. The van der Waals surface area contributed by atoms with Gasteiger partial charge in [0.2, 0.25) is 17.7 Å². The van der Waals surface area contributed by atoms with Gasteiger partial charge in [-0.25, -0.2) is 0 Å². The number of nitrogens with zero attached hydrogens (tertiary/aromatic N) is 3. The van der Waals surface area contributed by atoms with Gasteiger partial charge in [-0.05, 0) is 55.2 Å². The van der Waals surface area contributed by atoms with E-state index >= 15 is 0 Å². The van der Waals surface area contributed by atoms with Gasteiger partial charge in [0.15, 0.2) is 0 Å². The van der Waals surface area contributed by atoms with Crippen LogP contribution in [0.25, 0.3) is 0 Å². The van der Waals surface area contributed by atoms with Crippen molar-refractivity contribution in [1.82, 2.24) is 15.1 Å². The highest BCUT2D eigenvalue weighted by Crippen LogP contribution is 2.43. The summed E-state index contributed by atoms with van der Waals surface area (Å²) in [7, 11) is 2.38. The first-order valence-electron chi connectivity index (χ1n) is 20.8. The number of piperidine rings is 1.